The van der Waals surface area contributed by atoms with Crippen LogP contribution in [0.25, 0.3) is 0 Å². The van der Waals surface area contributed by atoms with Gasteiger partial charge in [0, 0.05) is 4.47 Å². The number of hydrogen-bond donors (Lipinski definition) is 1. The Morgan fingerprint density at radius 1 is 1.32 bits per heavy atom. The van der Waals surface area contributed by atoms with Crippen LogP contribution in [0, 0.1) is 0 Å². The maximum Gasteiger partial charge on any atom is 0.349 e. The molecule has 1 atom stereocenters. The molecule has 22 heavy (non-hydrogen) atoms. The molecule has 6 nitrogen and oxygen atoms in total. The first kappa shape index (κ1) is 16.4. The number of carbonyl (C=O) groups is 2. The molecule has 116 valence electrons. The lowest BCUT2D eigenvalue weighted by Gasteiger charge is -2.13. The van der Waals surface area contributed by atoms with Gasteiger partial charge in [-0.1, -0.05) is 27.3 Å². The molecule has 0 aliphatic carbocycles. The predicted molar refractivity (Wildman–Crippen MR) is 86.3 cm³/mol. The Bertz CT molecular complexity index is 672. The van der Waals surface area contributed by atoms with Crippen LogP contribution in [0.15, 0.2) is 34.9 Å². The number of anilines is 1. The van der Waals surface area contributed by atoms with E-state index < -0.39 is 12.1 Å². The first-order chi connectivity index (χ1) is 10.5. The number of carbonyl (C=O) groups excluding carboxylic acids is 2. The Morgan fingerprint density at radius 3 is 2.64 bits per heavy atom. The topological polar surface area (TPSA) is 77.5 Å². The highest BCUT2D eigenvalue weighted by atomic mass is 79.9. The van der Waals surface area contributed by atoms with E-state index in [2.05, 4.69) is 31.0 Å². The van der Waals surface area contributed by atoms with E-state index >= 15 is 0 Å². The van der Waals surface area contributed by atoms with E-state index in [1.165, 1.54) is 13.3 Å². The molecule has 0 bridgehead atoms. The van der Waals surface area contributed by atoms with Crippen molar-refractivity contribution in [2.75, 3.05) is 12.4 Å². The summed E-state index contributed by atoms with van der Waals surface area (Å²) >= 11 is 4.37. The molecule has 1 unspecified atom stereocenters. The molecule has 8 heteroatoms. The molecule has 0 radical (unpaired) electrons. The van der Waals surface area contributed by atoms with Crippen molar-refractivity contribution in [1.29, 1.82) is 0 Å². The highest BCUT2D eigenvalue weighted by Gasteiger charge is 2.18. The van der Waals surface area contributed by atoms with Crippen molar-refractivity contribution in [2.24, 2.45) is 0 Å². The van der Waals surface area contributed by atoms with Crippen LogP contribution in [0.5, 0.6) is 5.75 Å². The second-order valence-corrected chi connectivity index (χ2v) is 6.17. The van der Waals surface area contributed by atoms with Crippen molar-refractivity contribution in [1.82, 2.24) is 4.98 Å². The van der Waals surface area contributed by atoms with Gasteiger partial charge in [-0.2, -0.15) is 0 Å². The van der Waals surface area contributed by atoms with E-state index in [0.717, 1.165) is 15.8 Å². The van der Waals surface area contributed by atoms with Gasteiger partial charge in [-0.25, -0.2) is 9.78 Å². The average Bonchev–Trinajstić information content (AvgIpc) is 2.97. The number of rotatable bonds is 5. The standard InChI is InChI=1S/C14H13BrN2O4S/c1-8(21-10-5-3-9(15)4-6-10)12(18)17-14-16-7-11(22-14)13(19)20-2/h3-8H,1-2H3,(H,16,17,18). The summed E-state index contributed by atoms with van der Waals surface area (Å²) in [5, 5.41) is 2.92. The summed E-state index contributed by atoms with van der Waals surface area (Å²) in [7, 11) is 1.29. The molecule has 2 rings (SSSR count). The van der Waals surface area contributed by atoms with Gasteiger partial charge in [0.05, 0.1) is 13.3 Å². The molecule has 1 heterocycles. The van der Waals surface area contributed by atoms with E-state index in [1.54, 1.807) is 19.1 Å². The highest BCUT2D eigenvalue weighted by Crippen LogP contribution is 2.20. The van der Waals surface area contributed by atoms with Crippen LogP contribution in [-0.2, 0) is 9.53 Å². The average molecular weight is 385 g/mol. The lowest BCUT2D eigenvalue weighted by atomic mass is 10.3. The summed E-state index contributed by atoms with van der Waals surface area (Å²) in [4.78, 5) is 27.6. The Hall–Kier alpha value is -1.93. The van der Waals surface area contributed by atoms with Crippen LogP contribution < -0.4 is 10.1 Å². The molecule has 0 fully saturated rings. The van der Waals surface area contributed by atoms with Crippen LogP contribution in [0.1, 0.15) is 16.6 Å². The number of amides is 1. The maximum absolute atomic E-state index is 12.0. The minimum absolute atomic E-state index is 0.316. The van der Waals surface area contributed by atoms with Crippen LogP contribution in [0.4, 0.5) is 5.13 Å². The van der Waals surface area contributed by atoms with Crippen LogP contribution in [0.2, 0.25) is 0 Å². The van der Waals surface area contributed by atoms with Crippen molar-refractivity contribution < 1.29 is 19.1 Å². The zero-order chi connectivity index (χ0) is 16.1. The summed E-state index contributed by atoms with van der Waals surface area (Å²) in [6, 6.07) is 7.16. The lowest BCUT2D eigenvalue weighted by molar-refractivity contribution is -0.122. The van der Waals surface area contributed by atoms with Gasteiger partial charge < -0.3 is 9.47 Å². The maximum atomic E-state index is 12.0. The van der Waals surface area contributed by atoms with Gasteiger partial charge in [0.1, 0.15) is 10.6 Å². The van der Waals surface area contributed by atoms with E-state index in [4.69, 9.17) is 4.74 Å². The number of halogens is 1. The third-order valence-corrected chi connectivity index (χ3v) is 4.04. The third kappa shape index (κ3) is 4.28. The number of ether oxygens (including phenoxy) is 2. The summed E-state index contributed by atoms with van der Waals surface area (Å²) in [5.74, 6) is -0.258. The SMILES string of the molecule is COC(=O)c1cnc(NC(=O)C(C)Oc2ccc(Br)cc2)s1. The molecule has 0 aliphatic heterocycles. The molecular weight excluding hydrogens is 372 g/mol. The van der Waals surface area contributed by atoms with E-state index in [0.29, 0.717) is 15.8 Å². The van der Waals surface area contributed by atoms with Crippen molar-refractivity contribution in [3.63, 3.8) is 0 Å². The van der Waals surface area contributed by atoms with Gasteiger partial charge >= 0.3 is 5.97 Å². The Balaban J connectivity index is 1.94. The van der Waals surface area contributed by atoms with Crippen molar-refractivity contribution >= 4 is 44.3 Å². The highest BCUT2D eigenvalue weighted by molar-refractivity contribution is 9.10. The van der Waals surface area contributed by atoms with Crippen LogP contribution in [-0.4, -0.2) is 30.1 Å². The molecule has 1 aromatic carbocycles. The zero-order valence-corrected chi connectivity index (χ0v) is 14.2. The number of nitrogens with one attached hydrogen (secondary N) is 1. The zero-order valence-electron chi connectivity index (χ0n) is 11.8. The Morgan fingerprint density at radius 2 is 2.00 bits per heavy atom. The smallest absolute Gasteiger partial charge is 0.349 e. The van der Waals surface area contributed by atoms with Crippen LogP contribution in [0.3, 0.4) is 0 Å². The molecule has 0 saturated carbocycles. The molecule has 0 spiro atoms. The minimum atomic E-state index is -0.702. The fraction of sp³-hybridized carbons (Fsp3) is 0.214. The molecule has 1 aromatic heterocycles. The second-order valence-electron chi connectivity index (χ2n) is 4.22. The number of thiazole rings is 1. The fourth-order valence-corrected chi connectivity index (χ4v) is 2.51. The summed E-state index contributed by atoms with van der Waals surface area (Å²) < 4.78 is 11.0. The first-order valence-corrected chi connectivity index (χ1v) is 7.88. The number of hydrogen-bond acceptors (Lipinski definition) is 6. The Labute approximate surface area is 139 Å². The first-order valence-electron chi connectivity index (χ1n) is 6.27. The van der Waals surface area contributed by atoms with E-state index in [1.807, 2.05) is 12.1 Å². The second kappa shape index (κ2) is 7.37. The molecule has 1 N–H and O–H groups in total. The van der Waals surface area contributed by atoms with Gasteiger partial charge in [0.25, 0.3) is 5.91 Å². The molecular formula is C14H13BrN2O4S. The fourth-order valence-electron chi connectivity index (χ4n) is 1.50. The number of aromatic nitrogens is 1. The molecule has 0 aliphatic rings. The lowest BCUT2D eigenvalue weighted by Crippen LogP contribution is -2.30. The number of methoxy groups -OCH3 is 1. The van der Waals surface area contributed by atoms with E-state index in [9.17, 15) is 9.59 Å². The van der Waals surface area contributed by atoms with Gasteiger partial charge in [-0.3, -0.25) is 10.1 Å². The largest absolute Gasteiger partial charge is 0.481 e. The number of nitrogens with zero attached hydrogens (tertiary/aromatic N) is 1. The number of esters is 1. The summed E-state index contributed by atoms with van der Waals surface area (Å²) in [6.45, 7) is 1.63. The quantitative estimate of drug-likeness (QED) is 0.801. The van der Waals surface area contributed by atoms with Crippen molar-refractivity contribution in [3.8, 4) is 5.75 Å². The van der Waals surface area contributed by atoms with Crippen molar-refractivity contribution in [3.05, 3.63) is 39.8 Å². The monoisotopic (exact) mass is 384 g/mol. The third-order valence-electron chi connectivity index (χ3n) is 2.62. The normalized spacial score (nSPS) is 11.6. The minimum Gasteiger partial charge on any atom is -0.481 e. The van der Waals surface area contributed by atoms with Crippen molar-refractivity contribution in [2.45, 2.75) is 13.0 Å². The predicted octanol–water partition coefficient (Wildman–Crippen LogP) is 3.10. The summed E-state index contributed by atoms with van der Waals surface area (Å²) in [6.07, 6.45) is 0.651. The van der Waals surface area contributed by atoms with Gasteiger partial charge in [-0.05, 0) is 31.2 Å². The van der Waals surface area contributed by atoms with Gasteiger partial charge in [-0.15, -0.1) is 0 Å². The molecule has 0 saturated heterocycles. The number of benzene rings is 1. The Kier molecular flexibility index (Phi) is 5.51. The van der Waals surface area contributed by atoms with E-state index in [-0.39, 0.29) is 5.91 Å². The molecule has 2 aromatic rings. The van der Waals surface area contributed by atoms with Crippen LogP contribution >= 0.6 is 27.3 Å². The van der Waals surface area contributed by atoms with Gasteiger partial charge in [0.2, 0.25) is 0 Å². The summed E-state index contributed by atoms with van der Waals surface area (Å²) in [5.41, 5.74) is 0. The van der Waals surface area contributed by atoms with Gasteiger partial charge in [0.15, 0.2) is 11.2 Å². The molecule has 1 amide bonds.